The first-order chi connectivity index (χ1) is 17.9. The molecule has 38 heavy (non-hydrogen) atoms. The molecule has 0 aromatic heterocycles. The maximum absolute atomic E-state index is 13.6. The molecule has 0 unspecified atom stereocenters. The second kappa shape index (κ2) is 8.71. The van der Waals surface area contributed by atoms with Gasteiger partial charge in [0.25, 0.3) is 11.1 Å². The number of Topliss-reactive ketones (excluding diaryl/α,β-unsaturated/α-hetero) is 2. The number of methoxy groups -OCH3 is 1. The van der Waals surface area contributed by atoms with Crippen LogP contribution in [0, 0.1) is 11.8 Å². The normalized spacial score (nSPS) is 24.5. The van der Waals surface area contributed by atoms with Crippen molar-refractivity contribution in [2.24, 2.45) is 17.6 Å². The zero-order valence-electron chi connectivity index (χ0n) is 19.9. The molecule has 2 aromatic rings. The minimum absolute atomic E-state index is 0.00461. The van der Waals surface area contributed by atoms with Crippen molar-refractivity contribution in [1.82, 2.24) is 0 Å². The van der Waals surface area contributed by atoms with Crippen molar-refractivity contribution in [1.29, 1.82) is 0 Å². The molecule has 0 saturated heterocycles. The van der Waals surface area contributed by atoms with Crippen LogP contribution >= 0.6 is 11.6 Å². The molecule has 2 aromatic carbocycles. The minimum atomic E-state index is -2.64. The van der Waals surface area contributed by atoms with Crippen molar-refractivity contribution in [3.63, 3.8) is 0 Å². The van der Waals surface area contributed by atoms with Gasteiger partial charge in [0, 0.05) is 29.0 Å². The SMILES string of the molecule is COc1ccc(C(=O)Cl)cc1-c1ccc(O)c2c1C[C@H]1C[C@H]3CC(=O)C(C(N)=O)=C(O)[C@@]3(O)C(=O)C1=C2O. The number of fused-ring (bicyclic) bond motifs is 3. The molecule has 1 fully saturated rings. The molecule has 3 atom stereocenters. The number of halogens is 1. The van der Waals surface area contributed by atoms with Gasteiger partial charge in [-0.1, -0.05) is 6.07 Å². The Morgan fingerprint density at radius 1 is 1.08 bits per heavy atom. The van der Waals surface area contributed by atoms with Crippen LogP contribution in [0.4, 0.5) is 0 Å². The van der Waals surface area contributed by atoms with Crippen LogP contribution in [-0.2, 0) is 20.8 Å². The number of phenols is 1. The molecule has 1 amide bonds. The Morgan fingerprint density at radius 2 is 1.79 bits per heavy atom. The van der Waals surface area contributed by atoms with E-state index in [2.05, 4.69) is 0 Å². The lowest BCUT2D eigenvalue weighted by atomic mass is 9.59. The van der Waals surface area contributed by atoms with E-state index in [0.29, 0.717) is 22.4 Å². The average molecular weight is 540 g/mol. The van der Waals surface area contributed by atoms with E-state index in [4.69, 9.17) is 22.1 Å². The minimum Gasteiger partial charge on any atom is -0.508 e. The Hall–Kier alpha value is -4.15. The van der Waals surface area contributed by atoms with Crippen molar-refractivity contribution in [3.8, 4) is 22.6 Å². The highest BCUT2D eigenvalue weighted by molar-refractivity contribution is 6.67. The highest BCUT2D eigenvalue weighted by atomic mass is 35.5. The lowest BCUT2D eigenvalue weighted by molar-refractivity contribution is -0.147. The van der Waals surface area contributed by atoms with E-state index < -0.39 is 63.7 Å². The number of hydrogen-bond acceptors (Lipinski definition) is 9. The van der Waals surface area contributed by atoms with Gasteiger partial charge in [-0.15, -0.1) is 0 Å². The largest absolute Gasteiger partial charge is 0.508 e. The van der Waals surface area contributed by atoms with Crippen molar-refractivity contribution >= 4 is 40.1 Å². The number of aliphatic hydroxyl groups is 3. The Morgan fingerprint density at radius 3 is 2.42 bits per heavy atom. The molecule has 0 bridgehead atoms. The van der Waals surface area contributed by atoms with Gasteiger partial charge in [-0.3, -0.25) is 19.2 Å². The van der Waals surface area contributed by atoms with Gasteiger partial charge in [-0.05, 0) is 65.8 Å². The number of carbonyl (C=O) groups excluding carboxylic acids is 4. The van der Waals surface area contributed by atoms with Gasteiger partial charge in [-0.25, -0.2) is 0 Å². The molecule has 11 heteroatoms. The van der Waals surface area contributed by atoms with E-state index in [0.717, 1.165) is 0 Å². The fraction of sp³-hybridized carbons (Fsp3) is 0.259. The van der Waals surface area contributed by atoms with Gasteiger partial charge in [0.15, 0.2) is 11.4 Å². The summed E-state index contributed by atoms with van der Waals surface area (Å²) in [5.74, 6) is -6.66. The van der Waals surface area contributed by atoms with Crippen LogP contribution < -0.4 is 10.5 Å². The number of ketones is 2. The molecule has 5 rings (SSSR count). The summed E-state index contributed by atoms with van der Waals surface area (Å²) in [5.41, 5.74) is 2.97. The van der Waals surface area contributed by atoms with E-state index in [9.17, 15) is 39.6 Å². The second-order valence-corrected chi connectivity index (χ2v) is 9.92. The van der Waals surface area contributed by atoms with Crippen LogP contribution in [0.15, 0.2) is 47.2 Å². The van der Waals surface area contributed by atoms with Gasteiger partial charge in [-0.2, -0.15) is 0 Å². The first kappa shape index (κ1) is 25.5. The number of rotatable bonds is 4. The maximum atomic E-state index is 13.6. The summed E-state index contributed by atoms with van der Waals surface area (Å²) in [6.45, 7) is 0. The van der Waals surface area contributed by atoms with Crippen LogP contribution in [0.2, 0.25) is 0 Å². The van der Waals surface area contributed by atoms with Crippen LogP contribution in [0.3, 0.4) is 0 Å². The zero-order valence-corrected chi connectivity index (χ0v) is 20.7. The summed E-state index contributed by atoms with van der Waals surface area (Å²) in [6.07, 6.45) is -0.321. The topological polar surface area (TPSA) is 184 Å². The quantitative estimate of drug-likeness (QED) is 0.287. The Labute approximate surface area is 220 Å². The summed E-state index contributed by atoms with van der Waals surface area (Å²) in [6, 6.07) is 7.42. The highest BCUT2D eigenvalue weighted by Gasteiger charge is 2.60. The number of amides is 1. The molecule has 6 N–H and O–H groups in total. The third kappa shape index (κ3) is 3.44. The van der Waals surface area contributed by atoms with Crippen LogP contribution in [0.25, 0.3) is 16.9 Å². The third-order valence-corrected chi connectivity index (χ3v) is 7.88. The fourth-order valence-corrected chi connectivity index (χ4v) is 6.03. The van der Waals surface area contributed by atoms with Crippen molar-refractivity contribution in [2.45, 2.75) is 24.9 Å². The molecule has 0 aliphatic heterocycles. The molecule has 10 nitrogen and oxygen atoms in total. The molecule has 196 valence electrons. The number of nitrogens with two attached hydrogens (primary N) is 1. The third-order valence-electron chi connectivity index (χ3n) is 7.66. The lowest BCUT2D eigenvalue weighted by Gasteiger charge is -2.46. The molecular weight excluding hydrogens is 518 g/mol. The summed E-state index contributed by atoms with van der Waals surface area (Å²) in [5, 5.41) is 43.3. The summed E-state index contributed by atoms with van der Waals surface area (Å²) in [4.78, 5) is 49.8. The fourth-order valence-electron chi connectivity index (χ4n) is 5.91. The van der Waals surface area contributed by atoms with Crippen LogP contribution in [0.5, 0.6) is 11.5 Å². The van der Waals surface area contributed by atoms with E-state index in [-0.39, 0.29) is 35.3 Å². The van der Waals surface area contributed by atoms with E-state index in [1.807, 2.05) is 0 Å². The average Bonchev–Trinajstić information content (AvgIpc) is 2.85. The molecular formula is C27H22ClNO9. The predicted molar refractivity (Wildman–Crippen MR) is 134 cm³/mol. The summed E-state index contributed by atoms with van der Waals surface area (Å²) in [7, 11) is 1.43. The smallest absolute Gasteiger partial charge is 0.255 e. The van der Waals surface area contributed by atoms with Crippen molar-refractivity contribution in [2.75, 3.05) is 7.11 Å². The first-order valence-corrected chi connectivity index (χ1v) is 12.0. The molecule has 0 spiro atoms. The number of benzene rings is 2. The van der Waals surface area contributed by atoms with Crippen molar-refractivity contribution < 1.29 is 44.3 Å². The van der Waals surface area contributed by atoms with Gasteiger partial charge >= 0.3 is 0 Å². The van der Waals surface area contributed by atoms with Crippen molar-refractivity contribution in [3.05, 3.63) is 63.9 Å². The van der Waals surface area contributed by atoms with Gasteiger partial charge < -0.3 is 30.9 Å². The van der Waals surface area contributed by atoms with Gasteiger partial charge in [0.1, 0.15) is 28.6 Å². The second-order valence-electron chi connectivity index (χ2n) is 9.58. The Bertz CT molecular complexity index is 1540. The highest BCUT2D eigenvalue weighted by Crippen LogP contribution is 2.53. The summed E-state index contributed by atoms with van der Waals surface area (Å²) >= 11 is 5.68. The lowest BCUT2D eigenvalue weighted by Crippen LogP contribution is -2.58. The first-order valence-electron chi connectivity index (χ1n) is 11.6. The van der Waals surface area contributed by atoms with Crippen LogP contribution in [-0.4, -0.2) is 55.9 Å². The van der Waals surface area contributed by atoms with E-state index in [1.54, 1.807) is 12.1 Å². The molecule has 0 radical (unpaired) electrons. The van der Waals surface area contributed by atoms with Gasteiger partial charge in [0.05, 0.1) is 12.7 Å². The monoisotopic (exact) mass is 539 g/mol. The molecule has 1 saturated carbocycles. The number of ether oxygens (including phenoxy) is 1. The Balaban J connectivity index is 1.73. The Kier molecular flexibility index (Phi) is 5.85. The number of carbonyl (C=O) groups is 4. The van der Waals surface area contributed by atoms with E-state index in [1.165, 1.54) is 25.3 Å². The number of aromatic hydroxyl groups is 1. The number of hydrogen-bond donors (Lipinski definition) is 5. The molecule has 3 aliphatic carbocycles. The maximum Gasteiger partial charge on any atom is 0.255 e. The number of primary amides is 1. The molecule has 0 heterocycles. The zero-order chi connectivity index (χ0) is 27.7. The van der Waals surface area contributed by atoms with Gasteiger partial charge in [0.2, 0.25) is 5.78 Å². The molecule has 3 aliphatic rings. The van der Waals surface area contributed by atoms with Crippen LogP contribution in [0.1, 0.15) is 34.3 Å². The number of phenolic OH excluding ortho intramolecular Hbond substituents is 1. The number of aliphatic hydroxyl groups excluding tert-OH is 2. The standard InChI is InChI=1S/C27H22ClNO9/c1-38-18-5-2-10(25(28)35)7-14(18)13-3-4-16(30)20-15(13)8-11-6-12-9-17(31)21(26(29)36)24(34)27(12,37)23(33)19(11)22(20)32/h2-5,7,11-12,30,32,34,37H,6,8-9H2,1H3,(H2,29,36)/t11-,12+,27+/m1/s1. The summed E-state index contributed by atoms with van der Waals surface area (Å²) < 4.78 is 5.46. The van der Waals surface area contributed by atoms with E-state index >= 15 is 0 Å². The predicted octanol–water partition coefficient (Wildman–Crippen LogP) is 2.48.